The Labute approximate surface area is 79.1 Å². The number of rotatable bonds is 1. The first-order valence-electron chi connectivity index (χ1n) is 5.58. The summed E-state index contributed by atoms with van der Waals surface area (Å²) in [6.45, 7) is 0.979. The summed E-state index contributed by atoms with van der Waals surface area (Å²) in [5.74, 6) is 1.64. The topological polar surface area (TPSA) is 29.1 Å². The van der Waals surface area contributed by atoms with Gasteiger partial charge in [0, 0.05) is 12.5 Å². The van der Waals surface area contributed by atoms with E-state index in [0.29, 0.717) is 17.2 Å². The van der Waals surface area contributed by atoms with Gasteiger partial charge in [0.1, 0.15) is 0 Å². The molecule has 0 aromatic rings. The third kappa shape index (κ3) is 0.976. The number of carbonyl (C=O) groups is 1. The molecule has 13 heavy (non-hydrogen) atoms. The molecular weight excluding hydrogens is 162 g/mol. The lowest BCUT2D eigenvalue weighted by Crippen LogP contribution is -2.60. The number of amides is 1. The van der Waals surface area contributed by atoms with Gasteiger partial charge in [0.15, 0.2) is 0 Å². The zero-order chi connectivity index (χ0) is 8.89. The number of hydrogen-bond acceptors (Lipinski definition) is 1. The molecule has 0 radical (unpaired) electrons. The van der Waals surface area contributed by atoms with E-state index in [0.717, 1.165) is 12.5 Å². The second kappa shape index (κ2) is 2.49. The lowest BCUT2D eigenvalue weighted by molar-refractivity contribution is -0.145. The molecule has 4 aliphatic rings. The number of hydrogen-bond donors (Lipinski definition) is 1. The Morgan fingerprint density at radius 2 is 1.92 bits per heavy atom. The van der Waals surface area contributed by atoms with Crippen LogP contribution in [-0.2, 0) is 4.79 Å². The first kappa shape index (κ1) is 7.84. The Morgan fingerprint density at radius 3 is 2.46 bits per heavy atom. The lowest BCUT2D eigenvalue weighted by atomic mass is 9.53. The van der Waals surface area contributed by atoms with Gasteiger partial charge in [-0.15, -0.1) is 0 Å². The van der Waals surface area contributed by atoms with Gasteiger partial charge in [-0.25, -0.2) is 0 Å². The molecular formula is C11H17NO. The lowest BCUT2D eigenvalue weighted by Gasteiger charge is -2.55. The van der Waals surface area contributed by atoms with E-state index in [1.54, 1.807) is 0 Å². The first-order chi connectivity index (χ1) is 6.30. The zero-order valence-corrected chi connectivity index (χ0v) is 8.01. The minimum absolute atomic E-state index is 0.319. The van der Waals surface area contributed by atoms with Crippen molar-refractivity contribution in [1.29, 1.82) is 0 Å². The van der Waals surface area contributed by atoms with Crippen molar-refractivity contribution >= 4 is 5.91 Å². The molecule has 4 rings (SSSR count). The SMILES string of the molecule is O=C1NCC2(C3CCCC3)CC1C2. The van der Waals surface area contributed by atoms with E-state index in [1.807, 2.05) is 0 Å². The molecule has 0 atom stereocenters. The van der Waals surface area contributed by atoms with Crippen molar-refractivity contribution in [3.05, 3.63) is 0 Å². The predicted octanol–water partition coefficient (Wildman–Crippen LogP) is 1.70. The van der Waals surface area contributed by atoms with Crippen molar-refractivity contribution in [2.24, 2.45) is 17.3 Å². The highest BCUT2D eigenvalue weighted by molar-refractivity contribution is 5.81. The first-order valence-corrected chi connectivity index (χ1v) is 5.58. The van der Waals surface area contributed by atoms with Crippen LogP contribution < -0.4 is 5.32 Å². The van der Waals surface area contributed by atoms with Crippen molar-refractivity contribution in [3.8, 4) is 0 Å². The van der Waals surface area contributed by atoms with Gasteiger partial charge >= 0.3 is 0 Å². The highest BCUT2D eigenvalue weighted by atomic mass is 16.2. The normalized spacial score (nSPS) is 44.3. The second-order valence-electron chi connectivity index (χ2n) is 5.17. The predicted molar refractivity (Wildman–Crippen MR) is 50.1 cm³/mol. The van der Waals surface area contributed by atoms with Crippen molar-refractivity contribution in [1.82, 2.24) is 5.32 Å². The summed E-state index contributed by atoms with van der Waals surface area (Å²) in [6.07, 6.45) is 8.08. The fourth-order valence-corrected chi connectivity index (χ4v) is 3.67. The van der Waals surface area contributed by atoms with Crippen molar-refractivity contribution in [2.75, 3.05) is 6.54 Å². The molecule has 2 heteroatoms. The van der Waals surface area contributed by atoms with Crippen LogP contribution in [0.15, 0.2) is 0 Å². The molecule has 2 bridgehead atoms. The van der Waals surface area contributed by atoms with Gasteiger partial charge in [0.25, 0.3) is 0 Å². The van der Waals surface area contributed by atoms with E-state index in [-0.39, 0.29) is 0 Å². The average molecular weight is 179 g/mol. The monoisotopic (exact) mass is 179 g/mol. The van der Waals surface area contributed by atoms with Gasteiger partial charge in [0.2, 0.25) is 5.91 Å². The molecule has 0 aromatic heterocycles. The molecule has 2 aliphatic heterocycles. The Bertz CT molecular complexity index is 231. The Hall–Kier alpha value is -0.530. The van der Waals surface area contributed by atoms with Crippen LogP contribution in [-0.4, -0.2) is 12.5 Å². The molecule has 1 amide bonds. The number of piperidine rings is 2. The molecule has 2 aliphatic carbocycles. The highest BCUT2D eigenvalue weighted by Gasteiger charge is 2.55. The van der Waals surface area contributed by atoms with E-state index >= 15 is 0 Å². The molecule has 4 fully saturated rings. The van der Waals surface area contributed by atoms with Gasteiger partial charge < -0.3 is 5.32 Å². The Morgan fingerprint density at radius 1 is 1.23 bits per heavy atom. The smallest absolute Gasteiger partial charge is 0.223 e. The van der Waals surface area contributed by atoms with Crippen LogP contribution in [0.25, 0.3) is 0 Å². The molecule has 0 unspecified atom stereocenters. The summed E-state index contributed by atoms with van der Waals surface area (Å²) < 4.78 is 0. The van der Waals surface area contributed by atoms with Crippen LogP contribution in [0.2, 0.25) is 0 Å². The molecule has 2 nitrogen and oxygen atoms in total. The van der Waals surface area contributed by atoms with Crippen LogP contribution in [0.5, 0.6) is 0 Å². The minimum Gasteiger partial charge on any atom is -0.355 e. The summed E-state index contributed by atoms with van der Waals surface area (Å²) >= 11 is 0. The summed E-state index contributed by atoms with van der Waals surface area (Å²) in [7, 11) is 0. The maximum Gasteiger partial charge on any atom is 0.223 e. The van der Waals surface area contributed by atoms with Crippen molar-refractivity contribution < 1.29 is 4.79 Å². The van der Waals surface area contributed by atoms with E-state index < -0.39 is 0 Å². The van der Waals surface area contributed by atoms with Crippen LogP contribution in [0.4, 0.5) is 0 Å². The van der Waals surface area contributed by atoms with Gasteiger partial charge in [0.05, 0.1) is 0 Å². The summed E-state index contributed by atoms with van der Waals surface area (Å²) in [4.78, 5) is 11.3. The maximum atomic E-state index is 11.3. The van der Waals surface area contributed by atoms with Crippen LogP contribution in [0.3, 0.4) is 0 Å². The Kier molecular flexibility index (Phi) is 1.50. The van der Waals surface area contributed by atoms with Gasteiger partial charge in [-0.3, -0.25) is 4.79 Å². The summed E-state index contributed by atoms with van der Waals surface area (Å²) in [5, 5.41) is 3.06. The fraction of sp³-hybridized carbons (Fsp3) is 0.909. The van der Waals surface area contributed by atoms with Crippen LogP contribution in [0, 0.1) is 17.3 Å². The third-order valence-electron chi connectivity index (χ3n) is 4.51. The van der Waals surface area contributed by atoms with Crippen LogP contribution in [0.1, 0.15) is 38.5 Å². The second-order valence-corrected chi connectivity index (χ2v) is 5.17. The fourth-order valence-electron chi connectivity index (χ4n) is 3.67. The maximum absolute atomic E-state index is 11.3. The van der Waals surface area contributed by atoms with Crippen LogP contribution >= 0.6 is 0 Å². The van der Waals surface area contributed by atoms with E-state index in [4.69, 9.17) is 0 Å². The van der Waals surface area contributed by atoms with E-state index in [9.17, 15) is 4.79 Å². The molecule has 2 heterocycles. The standard InChI is InChI=1S/C11H17NO/c13-10-8-5-11(6-8,7-12-10)9-3-1-2-4-9/h8-9H,1-7H2,(H,12,13). The molecule has 2 saturated carbocycles. The molecule has 0 spiro atoms. The number of fused-ring (bicyclic) bond motifs is 2. The highest BCUT2D eigenvalue weighted by Crippen LogP contribution is 2.57. The third-order valence-corrected chi connectivity index (χ3v) is 4.51. The molecule has 0 aromatic carbocycles. The van der Waals surface area contributed by atoms with E-state index in [1.165, 1.54) is 38.5 Å². The van der Waals surface area contributed by atoms with Crippen molar-refractivity contribution in [2.45, 2.75) is 38.5 Å². The van der Waals surface area contributed by atoms with Gasteiger partial charge in [-0.1, -0.05) is 12.8 Å². The molecule has 2 saturated heterocycles. The molecule has 72 valence electrons. The van der Waals surface area contributed by atoms with E-state index in [2.05, 4.69) is 5.32 Å². The minimum atomic E-state index is 0.319. The number of nitrogens with one attached hydrogen (secondary N) is 1. The summed E-state index contributed by atoms with van der Waals surface area (Å²) in [5.41, 5.74) is 0.551. The largest absolute Gasteiger partial charge is 0.355 e. The number of carbonyl (C=O) groups excluding carboxylic acids is 1. The molecule has 1 N–H and O–H groups in total. The zero-order valence-electron chi connectivity index (χ0n) is 8.01. The Balaban J connectivity index is 1.74. The van der Waals surface area contributed by atoms with Gasteiger partial charge in [-0.2, -0.15) is 0 Å². The average Bonchev–Trinajstić information content (AvgIpc) is 2.55. The quantitative estimate of drug-likeness (QED) is 0.652. The summed E-state index contributed by atoms with van der Waals surface area (Å²) in [6, 6.07) is 0. The van der Waals surface area contributed by atoms with Gasteiger partial charge in [-0.05, 0) is 37.0 Å². The van der Waals surface area contributed by atoms with Crippen molar-refractivity contribution in [3.63, 3.8) is 0 Å².